The molecule has 1 N–H and O–H groups in total. The van der Waals surface area contributed by atoms with Gasteiger partial charge < -0.3 is 19.5 Å². The van der Waals surface area contributed by atoms with Crippen LogP contribution in [0.1, 0.15) is 41.0 Å². The first-order valence-electron chi connectivity index (χ1n) is 7.28. The molecular formula is C15H25NO7. The molecule has 1 amide bonds. The zero-order chi connectivity index (χ0) is 18.0. The predicted octanol–water partition coefficient (Wildman–Crippen LogP) is 0.577. The van der Waals surface area contributed by atoms with Crippen molar-refractivity contribution < 1.29 is 33.4 Å². The molecule has 8 nitrogen and oxygen atoms in total. The largest absolute Gasteiger partial charge is 0.466 e. The highest BCUT2D eigenvalue weighted by Crippen LogP contribution is 2.24. The Bertz CT molecular complexity index is 445. The van der Waals surface area contributed by atoms with E-state index in [-0.39, 0.29) is 19.8 Å². The molecule has 0 bridgehead atoms. The van der Waals surface area contributed by atoms with Gasteiger partial charge in [-0.3, -0.25) is 19.2 Å². The molecule has 0 aromatic rings. The number of hydrogen-bond donors (Lipinski definition) is 1. The van der Waals surface area contributed by atoms with Gasteiger partial charge in [-0.15, -0.1) is 0 Å². The molecule has 0 saturated heterocycles. The molecule has 0 aliphatic carbocycles. The third kappa shape index (κ3) is 9.49. The second-order valence-corrected chi connectivity index (χ2v) is 5.74. The van der Waals surface area contributed by atoms with E-state index in [1.54, 1.807) is 13.8 Å². The summed E-state index contributed by atoms with van der Waals surface area (Å²) >= 11 is 0. The summed E-state index contributed by atoms with van der Waals surface area (Å²) in [5.74, 6) is -1.99. The van der Waals surface area contributed by atoms with Crippen LogP contribution in [0.3, 0.4) is 0 Å². The highest BCUT2D eigenvalue weighted by atomic mass is 16.6. The lowest BCUT2D eigenvalue weighted by atomic mass is 9.86. The predicted molar refractivity (Wildman–Crippen MR) is 80.2 cm³/mol. The Morgan fingerprint density at radius 1 is 0.957 bits per heavy atom. The van der Waals surface area contributed by atoms with Gasteiger partial charge in [0.15, 0.2) is 6.10 Å². The van der Waals surface area contributed by atoms with Gasteiger partial charge >= 0.3 is 17.9 Å². The van der Waals surface area contributed by atoms with Gasteiger partial charge in [-0.1, -0.05) is 13.8 Å². The van der Waals surface area contributed by atoms with Gasteiger partial charge in [0.05, 0.1) is 6.61 Å². The fraction of sp³-hybridized carbons (Fsp3) is 0.733. The fourth-order valence-corrected chi connectivity index (χ4v) is 1.69. The first-order chi connectivity index (χ1) is 10.6. The van der Waals surface area contributed by atoms with Crippen LogP contribution >= 0.6 is 0 Å². The van der Waals surface area contributed by atoms with Crippen molar-refractivity contribution in [3.05, 3.63) is 0 Å². The zero-order valence-electron chi connectivity index (χ0n) is 14.3. The number of ether oxygens (including phenoxy) is 3. The van der Waals surface area contributed by atoms with Crippen LogP contribution in [0, 0.1) is 5.41 Å². The zero-order valence-corrected chi connectivity index (χ0v) is 14.3. The van der Waals surface area contributed by atoms with Gasteiger partial charge in [0.1, 0.15) is 6.61 Å². The van der Waals surface area contributed by atoms with E-state index >= 15 is 0 Å². The number of hydrogen-bond acceptors (Lipinski definition) is 7. The van der Waals surface area contributed by atoms with E-state index < -0.39 is 35.3 Å². The lowest BCUT2D eigenvalue weighted by Gasteiger charge is -2.31. The summed E-state index contributed by atoms with van der Waals surface area (Å²) in [5, 5.41) is 2.61. The topological polar surface area (TPSA) is 108 Å². The number of rotatable bonds is 9. The van der Waals surface area contributed by atoms with Crippen molar-refractivity contribution in [1.82, 2.24) is 5.32 Å². The van der Waals surface area contributed by atoms with Crippen molar-refractivity contribution >= 4 is 23.8 Å². The molecule has 0 saturated carbocycles. The molecular weight excluding hydrogens is 306 g/mol. The molecule has 0 aliphatic heterocycles. The third-order valence-electron chi connectivity index (χ3n) is 2.80. The van der Waals surface area contributed by atoms with Crippen molar-refractivity contribution in [3.63, 3.8) is 0 Å². The molecule has 23 heavy (non-hydrogen) atoms. The second-order valence-electron chi connectivity index (χ2n) is 5.74. The number of carbonyl (C=O) groups is 4. The lowest BCUT2D eigenvalue weighted by molar-refractivity contribution is -0.166. The molecule has 1 unspecified atom stereocenters. The van der Waals surface area contributed by atoms with Crippen molar-refractivity contribution in [3.8, 4) is 0 Å². The number of esters is 3. The lowest BCUT2D eigenvalue weighted by Crippen LogP contribution is -2.48. The Morgan fingerprint density at radius 3 is 2.00 bits per heavy atom. The first-order valence-corrected chi connectivity index (χ1v) is 7.28. The molecule has 1 atom stereocenters. The maximum atomic E-state index is 12.2. The van der Waals surface area contributed by atoms with Gasteiger partial charge in [0.25, 0.3) is 5.91 Å². The van der Waals surface area contributed by atoms with Crippen LogP contribution < -0.4 is 5.32 Å². The minimum absolute atomic E-state index is 0.0683. The van der Waals surface area contributed by atoms with E-state index in [2.05, 4.69) is 5.32 Å². The maximum Gasteiger partial charge on any atom is 0.303 e. The Balaban J connectivity index is 4.62. The molecule has 0 aliphatic rings. The van der Waals surface area contributed by atoms with Gasteiger partial charge in [-0.2, -0.15) is 0 Å². The van der Waals surface area contributed by atoms with Crippen molar-refractivity contribution in [2.75, 3.05) is 19.8 Å². The van der Waals surface area contributed by atoms with E-state index in [1.165, 1.54) is 20.8 Å². The summed E-state index contributed by atoms with van der Waals surface area (Å²) < 4.78 is 14.7. The monoisotopic (exact) mass is 331 g/mol. The van der Waals surface area contributed by atoms with Crippen LogP contribution in [0.2, 0.25) is 0 Å². The van der Waals surface area contributed by atoms with Gasteiger partial charge in [-0.25, -0.2) is 0 Å². The number of amides is 1. The van der Waals surface area contributed by atoms with Gasteiger partial charge in [-0.05, 0) is 6.42 Å². The van der Waals surface area contributed by atoms with Crippen LogP contribution in [0.4, 0.5) is 0 Å². The van der Waals surface area contributed by atoms with E-state index in [0.717, 1.165) is 0 Å². The van der Waals surface area contributed by atoms with E-state index in [4.69, 9.17) is 14.2 Å². The molecule has 0 aromatic carbocycles. The Kier molecular flexibility index (Phi) is 8.90. The standard InChI is InChI=1S/C15H25NO7/c1-10(17)21-8-6-7-16-14(20)13(23-12(3)19)15(4,5)9-22-11(2)18/h13H,6-9H2,1-5H3,(H,16,20). The van der Waals surface area contributed by atoms with Crippen LogP contribution in [-0.4, -0.2) is 49.7 Å². The number of nitrogens with one attached hydrogen (secondary N) is 1. The summed E-state index contributed by atoms with van der Waals surface area (Å²) in [7, 11) is 0. The fourth-order valence-electron chi connectivity index (χ4n) is 1.69. The van der Waals surface area contributed by atoms with Crippen molar-refractivity contribution in [2.45, 2.75) is 47.1 Å². The average molecular weight is 331 g/mol. The number of carbonyl (C=O) groups excluding carboxylic acids is 4. The molecule has 132 valence electrons. The van der Waals surface area contributed by atoms with E-state index in [9.17, 15) is 19.2 Å². The quantitative estimate of drug-likeness (QED) is 0.374. The van der Waals surface area contributed by atoms with Gasteiger partial charge in [0, 0.05) is 32.7 Å². The van der Waals surface area contributed by atoms with Crippen LogP contribution in [0.25, 0.3) is 0 Å². The first kappa shape index (κ1) is 20.9. The Labute approximate surface area is 135 Å². The molecule has 0 heterocycles. The average Bonchev–Trinajstić information content (AvgIpc) is 2.41. The van der Waals surface area contributed by atoms with E-state index in [1.807, 2.05) is 0 Å². The van der Waals surface area contributed by atoms with Gasteiger partial charge in [0.2, 0.25) is 0 Å². The van der Waals surface area contributed by atoms with E-state index in [0.29, 0.717) is 6.42 Å². The third-order valence-corrected chi connectivity index (χ3v) is 2.80. The molecule has 0 spiro atoms. The molecule has 0 aromatic heterocycles. The maximum absolute atomic E-state index is 12.2. The summed E-state index contributed by atoms with van der Waals surface area (Å²) in [4.78, 5) is 45.0. The smallest absolute Gasteiger partial charge is 0.303 e. The van der Waals surface area contributed by atoms with Crippen LogP contribution in [-0.2, 0) is 33.4 Å². The molecule has 8 heteroatoms. The van der Waals surface area contributed by atoms with Crippen LogP contribution in [0.5, 0.6) is 0 Å². The highest BCUT2D eigenvalue weighted by Gasteiger charge is 2.39. The second kappa shape index (κ2) is 9.81. The Morgan fingerprint density at radius 2 is 1.52 bits per heavy atom. The SMILES string of the molecule is CC(=O)OCCCNC(=O)C(OC(C)=O)C(C)(C)COC(C)=O. The summed E-state index contributed by atoms with van der Waals surface area (Å²) in [6, 6.07) is 0. The minimum atomic E-state index is -1.10. The summed E-state index contributed by atoms with van der Waals surface area (Å²) in [6.45, 7) is 7.44. The van der Waals surface area contributed by atoms with Crippen molar-refractivity contribution in [2.24, 2.45) is 5.41 Å². The molecule has 0 rings (SSSR count). The van der Waals surface area contributed by atoms with Crippen molar-refractivity contribution in [1.29, 1.82) is 0 Å². The molecule has 0 radical (unpaired) electrons. The minimum Gasteiger partial charge on any atom is -0.466 e. The Hall–Kier alpha value is -2.12. The summed E-state index contributed by atoms with van der Waals surface area (Å²) in [5.41, 5.74) is -0.892. The normalized spacial score (nSPS) is 12.0. The molecule has 0 fully saturated rings. The van der Waals surface area contributed by atoms with Crippen LogP contribution in [0.15, 0.2) is 0 Å². The summed E-state index contributed by atoms with van der Waals surface area (Å²) in [6.07, 6.45) is -0.671. The highest BCUT2D eigenvalue weighted by molar-refractivity contribution is 5.84.